The average Bonchev–Trinajstić information content (AvgIpc) is 3.22. The van der Waals surface area contributed by atoms with E-state index in [0.29, 0.717) is 4.88 Å². The van der Waals surface area contributed by atoms with Gasteiger partial charge in [0.2, 0.25) is 0 Å². The molecule has 0 saturated heterocycles. The highest BCUT2D eigenvalue weighted by Crippen LogP contribution is 2.28. The molecule has 27 heavy (non-hydrogen) atoms. The number of nitrogens with zero attached hydrogens (tertiary/aromatic N) is 1. The third kappa shape index (κ3) is 4.44. The first kappa shape index (κ1) is 18.9. The summed E-state index contributed by atoms with van der Waals surface area (Å²) in [6.45, 7) is 1.67. The van der Waals surface area contributed by atoms with Crippen molar-refractivity contribution in [2.24, 2.45) is 0 Å². The molecule has 0 radical (unpaired) electrons. The fraction of sp³-hybridized carbons (Fsp3) is 0.182. The van der Waals surface area contributed by atoms with E-state index in [4.69, 9.17) is 4.74 Å². The smallest absolute Gasteiger partial charge is 0.349 e. The fourth-order valence-corrected chi connectivity index (χ4v) is 3.59. The molecule has 2 aromatic carbocycles. The highest BCUT2D eigenvalue weighted by Gasteiger charge is 2.21. The van der Waals surface area contributed by atoms with E-state index in [9.17, 15) is 9.59 Å². The van der Waals surface area contributed by atoms with E-state index in [0.717, 1.165) is 16.7 Å². The Morgan fingerprint density at radius 2 is 1.63 bits per heavy atom. The Morgan fingerprint density at radius 3 is 2.30 bits per heavy atom. The summed E-state index contributed by atoms with van der Waals surface area (Å²) >= 11 is 1.32. The van der Waals surface area contributed by atoms with Crippen LogP contribution in [0.3, 0.4) is 0 Å². The van der Waals surface area contributed by atoms with Gasteiger partial charge >= 0.3 is 5.97 Å². The molecule has 1 aromatic heterocycles. The monoisotopic (exact) mass is 379 g/mol. The largest absolute Gasteiger partial charge is 0.451 e. The Morgan fingerprint density at radius 1 is 1.00 bits per heavy atom. The highest BCUT2D eigenvalue weighted by atomic mass is 32.1. The number of benzene rings is 2. The zero-order valence-corrected chi connectivity index (χ0v) is 16.1. The summed E-state index contributed by atoms with van der Waals surface area (Å²) in [5, 5.41) is 1.85. The number of carbonyl (C=O) groups is 2. The zero-order chi connectivity index (χ0) is 19.2. The third-order valence-electron chi connectivity index (χ3n) is 4.52. The second-order valence-corrected chi connectivity index (χ2v) is 7.11. The lowest BCUT2D eigenvalue weighted by Crippen LogP contribution is -2.33. The van der Waals surface area contributed by atoms with Crippen molar-refractivity contribution < 1.29 is 14.3 Å². The van der Waals surface area contributed by atoms with Crippen molar-refractivity contribution in [3.63, 3.8) is 0 Å². The van der Waals surface area contributed by atoms with Crippen LogP contribution in [-0.2, 0) is 9.53 Å². The van der Waals surface area contributed by atoms with Crippen LogP contribution in [-0.4, -0.2) is 30.4 Å². The maximum Gasteiger partial charge on any atom is 0.349 e. The Labute approximate surface area is 163 Å². The number of ether oxygens (including phenoxy) is 1. The van der Waals surface area contributed by atoms with Gasteiger partial charge in [0, 0.05) is 12.6 Å². The van der Waals surface area contributed by atoms with Gasteiger partial charge in [0.1, 0.15) is 4.88 Å². The van der Waals surface area contributed by atoms with E-state index in [2.05, 4.69) is 0 Å². The number of hydrogen-bond donors (Lipinski definition) is 0. The van der Waals surface area contributed by atoms with Gasteiger partial charge in [-0.25, -0.2) is 4.79 Å². The van der Waals surface area contributed by atoms with E-state index in [1.807, 2.05) is 79.0 Å². The molecule has 0 fully saturated rings. The van der Waals surface area contributed by atoms with Gasteiger partial charge in [-0.1, -0.05) is 60.7 Å². The summed E-state index contributed by atoms with van der Waals surface area (Å²) in [5.74, 6) is -0.713. The molecule has 0 bridgehead atoms. The normalized spacial score (nSPS) is 11.6. The molecule has 0 N–H and O–H groups in total. The van der Waals surface area contributed by atoms with E-state index < -0.39 is 5.97 Å². The fourth-order valence-electron chi connectivity index (χ4n) is 2.78. The number of esters is 1. The Hall–Kier alpha value is -2.92. The van der Waals surface area contributed by atoms with E-state index in [-0.39, 0.29) is 18.6 Å². The lowest BCUT2D eigenvalue weighted by Gasteiger charge is -2.25. The van der Waals surface area contributed by atoms with Gasteiger partial charge in [0.15, 0.2) is 6.61 Å². The number of rotatable bonds is 6. The lowest BCUT2D eigenvalue weighted by atomic mass is 10.1. The molecule has 3 rings (SSSR count). The van der Waals surface area contributed by atoms with Crippen LogP contribution in [0.15, 0.2) is 72.1 Å². The first-order valence-corrected chi connectivity index (χ1v) is 9.56. The molecule has 1 heterocycles. The molecule has 0 saturated carbocycles. The molecule has 138 valence electrons. The van der Waals surface area contributed by atoms with Crippen LogP contribution >= 0.6 is 11.3 Å². The summed E-state index contributed by atoms with van der Waals surface area (Å²) in [6, 6.07) is 21.2. The predicted molar refractivity (Wildman–Crippen MR) is 108 cm³/mol. The van der Waals surface area contributed by atoms with Crippen molar-refractivity contribution >= 4 is 23.2 Å². The van der Waals surface area contributed by atoms with Crippen molar-refractivity contribution in [3.05, 3.63) is 82.6 Å². The minimum absolute atomic E-state index is 0.0981. The molecule has 0 aliphatic heterocycles. The Bertz CT molecular complexity index is 906. The van der Waals surface area contributed by atoms with Crippen LogP contribution < -0.4 is 0 Å². The standard InChI is InChI=1S/C22H21NO3S/c1-16(17-9-5-3-6-10-17)23(2)20(24)15-26-22(25)21-19(13-14-27-21)18-11-7-4-8-12-18/h3-14,16H,15H2,1-2H3. The van der Waals surface area contributed by atoms with Gasteiger partial charge < -0.3 is 9.64 Å². The van der Waals surface area contributed by atoms with Crippen molar-refractivity contribution in [1.29, 1.82) is 0 Å². The van der Waals surface area contributed by atoms with E-state index >= 15 is 0 Å². The summed E-state index contributed by atoms with van der Waals surface area (Å²) in [6.07, 6.45) is 0. The number of hydrogen-bond acceptors (Lipinski definition) is 4. The van der Waals surface area contributed by atoms with Crippen LogP contribution in [0.1, 0.15) is 28.2 Å². The van der Waals surface area contributed by atoms with E-state index in [1.165, 1.54) is 11.3 Å². The molecule has 0 spiro atoms. The highest BCUT2D eigenvalue weighted by molar-refractivity contribution is 7.12. The molecule has 4 nitrogen and oxygen atoms in total. The molecule has 1 unspecified atom stereocenters. The Kier molecular flexibility index (Phi) is 6.04. The number of thiophene rings is 1. The van der Waals surface area contributed by atoms with Gasteiger partial charge in [0.25, 0.3) is 5.91 Å². The second kappa shape index (κ2) is 8.64. The molecule has 1 amide bonds. The van der Waals surface area contributed by atoms with Gasteiger partial charge in [-0.2, -0.15) is 0 Å². The van der Waals surface area contributed by atoms with Crippen LogP contribution in [0.2, 0.25) is 0 Å². The molecule has 1 atom stereocenters. The maximum atomic E-state index is 12.5. The van der Waals surface area contributed by atoms with Gasteiger partial charge in [-0.15, -0.1) is 11.3 Å². The van der Waals surface area contributed by atoms with Gasteiger partial charge in [-0.3, -0.25) is 4.79 Å². The summed E-state index contributed by atoms with van der Waals surface area (Å²) in [5.41, 5.74) is 2.81. The molecular formula is C22H21NO3S. The molecule has 0 aliphatic carbocycles. The molecule has 3 aromatic rings. The average molecular weight is 379 g/mol. The summed E-state index contributed by atoms with van der Waals surface area (Å²) in [7, 11) is 1.72. The summed E-state index contributed by atoms with van der Waals surface area (Å²) in [4.78, 5) is 27.0. The second-order valence-electron chi connectivity index (χ2n) is 6.20. The molecular weight excluding hydrogens is 358 g/mol. The number of amides is 1. The topological polar surface area (TPSA) is 46.6 Å². The Balaban J connectivity index is 1.63. The first-order valence-electron chi connectivity index (χ1n) is 8.68. The quantitative estimate of drug-likeness (QED) is 0.579. The van der Waals surface area contributed by atoms with Crippen LogP contribution in [0.5, 0.6) is 0 Å². The zero-order valence-electron chi connectivity index (χ0n) is 15.3. The van der Waals surface area contributed by atoms with E-state index in [1.54, 1.807) is 11.9 Å². The minimum Gasteiger partial charge on any atom is -0.451 e. The van der Waals surface area contributed by atoms with Crippen LogP contribution in [0, 0.1) is 0 Å². The number of carbonyl (C=O) groups excluding carboxylic acids is 2. The van der Waals surface area contributed by atoms with Crippen LogP contribution in [0.25, 0.3) is 11.1 Å². The molecule has 0 aliphatic rings. The maximum absolute atomic E-state index is 12.5. The number of likely N-dealkylation sites (N-methyl/N-ethyl adjacent to an activating group) is 1. The van der Waals surface area contributed by atoms with Crippen molar-refractivity contribution in [2.75, 3.05) is 13.7 Å². The molecule has 5 heteroatoms. The third-order valence-corrected chi connectivity index (χ3v) is 5.41. The van der Waals surface area contributed by atoms with Crippen molar-refractivity contribution in [3.8, 4) is 11.1 Å². The van der Waals surface area contributed by atoms with Gasteiger partial charge in [-0.05, 0) is 29.5 Å². The SMILES string of the molecule is CC(c1ccccc1)N(C)C(=O)COC(=O)c1sccc1-c1ccccc1. The van der Waals surface area contributed by atoms with Crippen molar-refractivity contribution in [1.82, 2.24) is 4.90 Å². The summed E-state index contributed by atoms with van der Waals surface area (Å²) < 4.78 is 5.30. The minimum atomic E-state index is -0.474. The lowest BCUT2D eigenvalue weighted by molar-refractivity contribution is -0.135. The van der Waals surface area contributed by atoms with Crippen LogP contribution in [0.4, 0.5) is 0 Å². The van der Waals surface area contributed by atoms with Gasteiger partial charge in [0.05, 0.1) is 6.04 Å². The van der Waals surface area contributed by atoms with Crippen molar-refractivity contribution in [2.45, 2.75) is 13.0 Å². The first-order chi connectivity index (χ1) is 13.1. The predicted octanol–water partition coefficient (Wildman–Crippen LogP) is 4.79.